The van der Waals surface area contributed by atoms with Crippen LogP contribution in [-0.2, 0) is 0 Å². The van der Waals surface area contributed by atoms with Crippen LogP contribution in [0.1, 0.15) is 48.4 Å². The summed E-state index contributed by atoms with van der Waals surface area (Å²) in [6, 6.07) is 12.7. The molecule has 0 unspecified atom stereocenters. The molecule has 0 atom stereocenters. The van der Waals surface area contributed by atoms with Gasteiger partial charge in [-0.3, -0.25) is 4.79 Å². The molecule has 1 amide bonds. The highest BCUT2D eigenvalue weighted by atomic mass is 16.2. The van der Waals surface area contributed by atoms with E-state index in [9.17, 15) is 4.79 Å². The first-order valence-electron chi connectivity index (χ1n) is 10.1. The third-order valence-corrected chi connectivity index (χ3v) is 5.60. The van der Waals surface area contributed by atoms with Crippen LogP contribution in [-0.4, -0.2) is 53.0 Å². The Balaban J connectivity index is 1.81. The van der Waals surface area contributed by atoms with E-state index < -0.39 is 0 Å². The average Bonchev–Trinajstić information content (AvgIpc) is 2.98. The molecule has 4 heteroatoms. The van der Waals surface area contributed by atoms with Gasteiger partial charge in [0, 0.05) is 35.2 Å². The van der Waals surface area contributed by atoms with Crippen molar-refractivity contribution in [1.82, 2.24) is 14.4 Å². The van der Waals surface area contributed by atoms with Gasteiger partial charge in [0.05, 0.1) is 0 Å². The van der Waals surface area contributed by atoms with Crippen molar-refractivity contribution in [2.24, 2.45) is 5.92 Å². The van der Waals surface area contributed by atoms with Crippen LogP contribution in [0.25, 0.3) is 5.69 Å². The Morgan fingerprint density at radius 1 is 1.04 bits per heavy atom. The number of hydrogen-bond donors (Lipinski definition) is 0. The molecule has 2 heterocycles. The molecule has 2 aromatic rings. The Bertz CT molecular complexity index is 748. The molecular formula is C23H33N3O. The maximum Gasteiger partial charge on any atom is 0.254 e. The number of hydrogen-bond acceptors (Lipinski definition) is 2. The number of carbonyl (C=O) groups is 1. The maximum absolute atomic E-state index is 13.3. The molecule has 0 bridgehead atoms. The standard InChI is InChI=1S/C23H33N3O/c1-17(2)16-25(21-12-14-24(5)15-13-21)23(27)20-8-10-22(11-9-20)26-18(3)6-7-19(26)4/h6-11,17,21H,12-16H2,1-5H3. The van der Waals surface area contributed by atoms with Crippen LogP contribution in [0.3, 0.4) is 0 Å². The minimum absolute atomic E-state index is 0.172. The van der Waals surface area contributed by atoms with E-state index in [1.54, 1.807) is 0 Å². The zero-order chi connectivity index (χ0) is 19.6. The van der Waals surface area contributed by atoms with E-state index in [0.717, 1.165) is 43.7 Å². The van der Waals surface area contributed by atoms with E-state index >= 15 is 0 Å². The van der Waals surface area contributed by atoms with Crippen molar-refractivity contribution in [1.29, 1.82) is 0 Å². The van der Waals surface area contributed by atoms with Gasteiger partial charge in [0.1, 0.15) is 0 Å². The molecule has 1 aliphatic heterocycles. The summed E-state index contributed by atoms with van der Waals surface area (Å²) < 4.78 is 2.22. The van der Waals surface area contributed by atoms with E-state index in [4.69, 9.17) is 0 Å². The number of rotatable bonds is 5. The first-order valence-corrected chi connectivity index (χ1v) is 10.1. The van der Waals surface area contributed by atoms with Crippen molar-refractivity contribution in [3.05, 3.63) is 53.3 Å². The Morgan fingerprint density at radius 3 is 2.11 bits per heavy atom. The number of nitrogens with zero attached hydrogens (tertiary/aromatic N) is 3. The van der Waals surface area contributed by atoms with Gasteiger partial charge in [-0.1, -0.05) is 13.8 Å². The van der Waals surface area contributed by atoms with Gasteiger partial charge in [0.15, 0.2) is 0 Å². The molecular weight excluding hydrogens is 334 g/mol. The van der Waals surface area contributed by atoms with Crippen molar-refractivity contribution in [2.45, 2.75) is 46.6 Å². The second kappa shape index (κ2) is 8.30. The molecule has 0 spiro atoms. The summed E-state index contributed by atoms with van der Waals surface area (Å²) in [7, 11) is 2.16. The summed E-state index contributed by atoms with van der Waals surface area (Å²) in [6.07, 6.45) is 2.13. The number of carbonyl (C=O) groups excluding carboxylic acids is 1. The highest BCUT2D eigenvalue weighted by Gasteiger charge is 2.28. The summed E-state index contributed by atoms with van der Waals surface area (Å²) in [5.41, 5.74) is 4.32. The molecule has 1 aromatic heterocycles. The van der Waals surface area contributed by atoms with E-state index in [2.05, 4.69) is 73.4 Å². The van der Waals surface area contributed by atoms with Gasteiger partial charge in [0.2, 0.25) is 0 Å². The third-order valence-electron chi connectivity index (χ3n) is 5.60. The maximum atomic E-state index is 13.3. The smallest absolute Gasteiger partial charge is 0.254 e. The molecule has 146 valence electrons. The zero-order valence-electron chi connectivity index (χ0n) is 17.4. The molecule has 0 N–H and O–H groups in total. The minimum Gasteiger partial charge on any atom is -0.335 e. The monoisotopic (exact) mass is 367 g/mol. The van der Waals surface area contributed by atoms with Gasteiger partial charge < -0.3 is 14.4 Å². The molecule has 1 saturated heterocycles. The van der Waals surface area contributed by atoms with Gasteiger partial charge in [-0.05, 0) is 89.1 Å². The van der Waals surface area contributed by atoms with Gasteiger partial charge in [-0.15, -0.1) is 0 Å². The number of benzene rings is 1. The van der Waals surface area contributed by atoms with Gasteiger partial charge in [0.25, 0.3) is 5.91 Å². The SMILES string of the molecule is Cc1ccc(C)n1-c1ccc(C(=O)N(CC(C)C)C2CCN(C)CC2)cc1. The molecule has 27 heavy (non-hydrogen) atoms. The lowest BCUT2D eigenvalue weighted by molar-refractivity contribution is 0.0559. The van der Waals surface area contributed by atoms with Crippen LogP contribution >= 0.6 is 0 Å². The Kier molecular flexibility index (Phi) is 6.05. The molecule has 1 aromatic carbocycles. The molecule has 1 fully saturated rings. The minimum atomic E-state index is 0.172. The summed E-state index contributed by atoms with van der Waals surface area (Å²) in [6.45, 7) is 11.6. The summed E-state index contributed by atoms with van der Waals surface area (Å²) in [5, 5.41) is 0. The first-order chi connectivity index (χ1) is 12.9. The highest BCUT2D eigenvalue weighted by Crippen LogP contribution is 2.22. The van der Waals surface area contributed by atoms with Crippen molar-refractivity contribution >= 4 is 5.91 Å². The van der Waals surface area contributed by atoms with Crippen LogP contribution in [0.15, 0.2) is 36.4 Å². The second-order valence-corrected chi connectivity index (χ2v) is 8.38. The van der Waals surface area contributed by atoms with E-state index in [1.807, 2.05) is 12.1 Å². The fourth-order valence-electron chi connectivity index (χ4n) is 4.09. The van der Waals surface area contributed by atoms with E-state index in [-0.39, 0.29) is 5.91 Å². The predicted molar refractivity (Wildman–Crippen MR) is 112 cm³/mol. The Morgan fingerprint density at radius 2 is 1.59 bits per heavy atom. The zero-order valence-corrected chi connectivity index (χ0v) is 17.4. The van der Waals surface area contributed by atoms with Crippen LogP contribution in [0.5, 0.6) is 0 Å². The lowest BCUT2D eigenvalue weighted by Crippen LogP contribution is -2.47. The van der Waals surface area contributed by atoms with Gasteiger partial charge in [-0.25, -0.2) is 0 Å². The topological polar surface area (TPSA) is 28.5 Å². The van der Waals surface area contributed by atoms with Crippen molar-refractivity contribution in [2.75, 3.05) is 26.7 Å². The largest absolute Gasteiger partial charge is 0.335 e. The lowest BCUT2D eigenvalue weighted by atomic mass is 10.0. The normalized spacial score (nSPS) is 16.1. The molecule has 4 nitrogen and oxygen atoms in total. The fraction of sp³-hybridized carbons (Fsp3) is 0.522. The Labute approximate surface area is 163 Å². The average molecular weight is 368 g/mol. The van der Waals surface area contributed by atoms with Crippen LogP contribution in [0, 0.1) is 19.8 Å². The number of aromatic nitrogens is 1. The molecule has 1 aliphatic rings. The fourth-order valence-corrected chi connectivity index (χ4v) is 4.09. The molecule has 0 radical (unpaired) electrons. The quantitative estimate of drug-likeness (QED) is 0.789. The molecule has 0 aliphatic carbocycles. The highest BCUT2D eigenvalue weighted by molar-refractivity contribution is 5.94. The van der Waals surface area contributed by atoms with Gasteiger partial charge in [-0.2, -0.15) is 0 Å². The number of amides is 1. The van der Waals surface area contributed by atoms with Crippen LogP contribution < -0.4 is 0 Å². The van der Waals surface area contributed by atoms with Crippen molar-refractivity contribution < 1.29 is 4.79 Å². The second-order valence-electron chi connectivity index (χ2n) is 8.38. The van der Waals surface area contributed by atoms with Crippen LogP contribution in [0.2, 0.25) is 0 Å². The van der Waals surface area contributed by atoms with Gasteiger partial charge >= 0.3 is 0 Å². The summed E-state index contributed by atoms with van der Waals surface area (Å²) in [4.78, 5) is 17.8. The number of piperidine rings is 1. The number of aryl methyl sites for hydroxylation is 2. The predicted octanol–water partition coefficient (Wildman–Crippen LogP) is 4.29. The first kappa shape index (κ1) is 19.7. The molecule has 0 saturated carbocycles. The van der Waals surface area contributed by atoms with Crippen LogP contribution in [0.4, 0.5) is 0 Å². The summed E-state index contributed by atoms with van der Waals surface area (Å²) >= 11 is 0. The van der Waals surface area contributed by atoms with E-state index in [1.165, 1.54) is 11.4 Å². The van der Waals surface area contributed by atoms with Crippen molar-refractivity contribution in [3.8, 4) is 5.69 Å². The lowest BCUT2D eigenvalue weighted by Gasteiger charge is -2.38. The summed E-state index contributed by atoms with van der Waals surface area (Å²) in [5.74, 6) is 0.642. The van der Waals surface area contributed by atoms with Crippen molar-refractivity contribution in [3.63, 3.8) is 0 Å². The Hall–Kier alpha value is -2.07. The third kappa shape index (κ3) is 4.44. The number of likely N-dealkylation sites (tertiary alicyclic amines) is 1. The van der Waals surface area contributed by atoms with E-state index in [0.29, 0.717) is 12.0 Å². The molecule has 3 rings (SSSR count).